The van der Waals surface area contributed by atoms with E-state index in [2.05, 4.69) is 35.5 Å². The van der Waals surface area contributed by atoms with Crippen molar-refractivity contribution >= 4 is 43.4 Å². The normalized spacial score (nSPS) is 11.8. The van der Waals surface area contributed by atoms with Crippen LogP contribution in [0.1, 0.15) is 25.3 Å². The second-order valence-electron chi connectivity index (χ2n) is 10.3. The average molecular weight is 599 g/mol. The predicted molar refractivity (Wildman–Crippen MR) is 162 cm³/mol. The molecule has 0 radical (unpaired) electrons. The van der Waals surface area contributed by atoms with Gasteiger partial charge in [-0.2, -0.15) is 5.10 Å². The summed E-state index contributed by atoms with van der Waals surface area (Å²) in [7, 11) is -3.20. The quantitative estimate of drug-likeness (QED) is 0.208. The summed E-state index contributed by atoms with van der Waals surface area (Å²) in [6.07, 6.45) is 10.7. The molecule has 0 saturated heterocycles. The van der Waals surface area contributed by atoms with E-state index >= 15 is 0 Å². The maximum Gasteiger partial charge on any atom is 0.224 e. The fraction of sp³-hybridized carbons (Fsp3) is 0.200. The van der Waals surface area contributed by atoms with Gasteiger partial charge in [0.25, 0.3) is 0 Å². The van der Waals surface area contributed by atoms with Crippen LogP contribution < -0.4 is 5.32 Å². The van der Waals surface area contributed by atoms with Crippen molar-refractivity contribution in [3.8, 4) is 33.9 Å². The standard InChI is InChI=1S/C30H27FN8O3S/c1-3-4-27(40)35-21-10-19(12-32-13-21)24-11-22-25(16-34-24)38-39-29(22)30-36-26-15-33-14-23(28(26)37-30)18-7-17(8-20(31)9-18)5-6-43(2,41)42/h7-16H,3-6H2,1-2H3,(H,35,40)(H,36,37)(H,38,39). The van der Waals surface area contributed by atoms with Gasteiger partial charge in [-0.25, -0.2) is 17.8 Å². The Labute approximate surface area is 246 Å². The SMILES string of the molecule is CCCC(=O)Nc1cncc(-c2cc3c(-c4nc5c(-c6cc(F)cc(CCS(C)(=O)=O)c6)cncc5[nH]4)n[nH]c3cn2)c1. The van der Waals surface area contributed by atoms with Gasteiger partial charge in [-0.1, -0.05) is 13.0 Å². The molecule has 6 rings (SSSR count). The van der Waals surface area contributed by atoms with E-state index < -0.39 is 15.7 Å². The number of nitrogens with zero attached hydrogens (tertiary/aromatic N) is 5. The summed E-state index contributed by atoms with van der Waals surface area (Å²) in [5.74, 6) is -0.165. The number of H-pyrrole nitrogens is 2. The van der Waals surface area contributed by atoms with Crippen LogP contribution >= 0.6 is 0 Å². The largest absolute Gasteiger partial charge is 0.335 e. The Morgan fingerprint density at radius 1 is 0.977 bits per heavy atom. The van der Waals surface area contributed by atoms with Gasteiger partial charge in [-0.05, 0) is 48.2 Å². The fourth-order valence-electron chi connectivity index (χ4n) is 4.86. The number of hydrogen-bond donors (Lipinski definition) is 3. The molecule has 0 atom stereocenters. The van der Waals surface area contributed by atoms with Gasteiger partial charge in [0, 0.05) is 41.6 Å². The second kappa shape index (κ2) is 11.3. The predicted octanol–water partition coefficient (Wildman–Crippen LogP) is 5.09. The van der Waals surface area contributed by atoms with E-state index in [0.29, 0.717) is 62.6 Å². The van der Waals surface area contributed by atoms with Crippen molar-refractivity contribution in [1.82, 2.24) is 35.1 Å². The number of hydrogen-bond acceptors (Lipinski definition) is 8. The minimum atomic E-state index is -3.20. The molecular weight excluding hydrogens is 571 g/mol. The maximum atomic E-state index is 14.6. The van der Waals surface area contributed by atoms with Crippen molar-refractivity contribution in [2.45, 2.75) is 26.2 Å². The highest BCUT2D eigenvalue weighted by molar-refractivity contribution is 7.90. The molecule has 0 unspecified atom stereocenters. The van der Waals surface area contributed by atoms with Crippen molar-refractivity contribution in [3.05, 3.63) is 72.7 Å². The summed E-state index contributed by atoms with van der Waals surface area (Å²) < 4.78 is 37.9. The van der Waals surface area contributed by atoms with Gasteiger partial charge in [0.2, 0.25) is 5.91 Å². The lowest BCUT2D eigenvalue weighted by Gasteiger charge is -2.07. The molecular formula is C30H27FN8O3S. The highest BCUT2D eigenvalue weighted by atomic mass is 32.2. The number of halogens is 1. The molecule has 1 amide bonds. The monoisotopic (exact) mass is 598 g/mol. The number of aryl methyl sites for hydroxylation is 1. The minimum Gasteiger partial charge on any atom is -0.335 e. The Kier molecular flexibility index (Phi) is 7.40. The van der Waals surface area contributed by atoms with Crippen LogP contribution in [0.3, 0.4) is 0 Å². The van der Waals surface area contributed by atoms with Gasteiger partial charge >= 0.3 is 0 Å². The van der Waals surface area contributed by atoms with Crippen molar-refractivity contribution in [2.75, 3.05) is 17.3 Å². The number of amides is 1. The molecule has 13 heteroatoms. The molecule has 11 nitrogen and oxygen atoms in total. The summed E-state index contributed by atoms with van der Waals surface area (Å²) in [5, 5.41) is 11.1. The number of benzene rings is 1. The average Bonchev–Trinajstić information content (AvgIpc) is 3.59. The third-order valence-corrected chi connectivity index (χ3v) is 7.84. The summed E-state index contributed by atoms with van der Waals surface area (Å²) >= 11 is 0. The Bertz CT molecular complexity index is 2110. The smallest absolute Gasteiger partial charge is 0.224 e. The van der Waals surface area contributed by atoms with E-state index in [4.69, 9.17) is 4.98 Å². The molecule has 0 aliphatic heterocycles. The number of carbonyl (C=O) groups excluding carboxylic acids is 1. The molecule has 0 saturated carbocycles. The Hall–Kier alpha value is -5.04. The van der Waals surface area contributed by atoms with Crippen LogP contribution in [0.5, 0.6) is 0 Å². The number of aromatic amines is 2. The number of carbonyl (C=O) groups is 1. The van der Waals surface area contributed by atoms with Crippen LogP contribution in [0.2, 0.25) is 0 Å². The van der Waals surface area contributed by atoms with E-state index in [1.54, 1.807) is 37.1 Å². The number of pyridine rings is 3. The number of rotatable bonds is 9. The maximum absolute atomic E-state index is 14.6. The lowest BCUT2D eigenvalue weighted by Crippen LogP contribution is -2.10. The van der Waals surface area contributed by atoms with Gasteiger partial charge in [0.05, 0.1) is 52.3 Å². The van der Waals surface area contributed by atoms with Crippen LogP contribution in [0.4, 0.5) is 10.1 Å². The van der Waals surface area contributed by atoms with E-state index in [0.717, 1.165) is 23.6 Å². The molecule has 5 heterocycles. The highest BCUT2D eigenvalue weighted by Gasteiger charge is 2.18. The topological polar surface area (TPSA) is 159 Å². The molecule has 0 bridgehead atoms. The molecule has 218 valence electrons. The van der Waals surface area contributed by atoms with Crippen LogP contribution in [0.15, 0.2) is 61.3 Å². The zero-order valence-corrected chi connectivity index (χ0v) is 24.2. The number of nitrogens with one attached hydrogen (secondary N) is 3. The zero-order chi connectivity index (χ0) is 30.1. The van der Waals surface area contributed by atoms with E-state index in [1.165, 1.54) is 12.1 Å². The molecule has 0 aliphatic rings. The first kappa shape index (κ1) is 28.1. The number of fused-ring (bicyclic) bond motifs is 2. The van der Waals surface area contributed by atoms with Crippen molar-refractivity contribution in [3.63, 3.8) is 0 Å². The highest BCUT2D eigenvalue weighted by Crippen LogP contribution is 2.33. The third kappa shape index (κ3) is 6.11. The molecule has 0 fully saturated rings. The Morgan fingerprint density at radius 3 is 2.63 bits per heavy atom. The van der Waals surface area contributed by atoms with Crippen molar-refractivity contribution in [1.29, 1.82) is 0 Å². The Morgan fingerprint density at radius 2 is 1.81 bits per heavy atom. The fourth-order valence-corrected chi connectivity index (χ4v) is 5.47. The molecule has 3 N–H and O–H groups in total. The molecule has 6 aromatic rings. The van der Waals surface area contributed by atoms with E-state index in [1.807, 2.05) is 19.1 Å². The number of sulfone groups is 1. The summed E-state index contributed by atoms with van der Waals surface area (Å²) in [5.41, 5.74) is 6.06. The van der Waals surface area contributed by atoms with Crippen LogP contribution in [0, 0.1) is 5.82 Å². The molecule has 1 aromatic carbocycles. The van der Waals surface area contributed by atoms with Crippen molar-refractivity contribution in [2.24, 2.45) is 0 Å². The molecule has 0 spiro atoms. The van der Waals surface area contributed by atoms with Gasteiger partial charge in [-0.3, -0.25) is 24.8 Å². The Balaban J connectivity index is 1.37. The van der Waals surface area contributed by atoms with E-state index in [9.17, 15) is 17.6 Å². The third-order valence-electron chi connectivity index (χ3n) is 6.89. The minimum absolute atomic E-state index is 0.0795. The zero-order valence-electron chi connectivity index (χ0n) is 23.3. The van der Waals surface area contributed by atoms with Crippen molar-refractivity contribution < 1.29 is 17.6 Å². The van der Waals surface area contributed by atoms with Crippen LogP contribution in [-0.4, -0.2) is 61.5 Å². The van der Waals surface area contributed by atoms with Gasteiger partial charge in [0.1, 0.15) is 21.3 Å². The number of imidazole rings is 1. The van der Waals surface area contributed by atoms with Crippen LogP contribution in [0.25, 0.3) is 55.8 Å². The molecule has 0 aliphatic carbocycles. The number of anilines is 1. The summed E-state index contributed by atoms with van der Waals surface area (Å²) in [4.78, 5) is 33.3. The van der Waals surface area contributed by atoms with Gasteiger partial charge in [0.15, 0.2) is 5.82 Å². The van der Waals surface area contributed by atoms with E-state index in [-0.39, 0.29) is 18.1 Å². The van der Waals surface area contributed by atoms with Crippen LogP contribution in [-0.2, 0) is 21.1 Å². The second-order valence-corrected chi connectivity index (χ2v) is 12.6. The lowest BCUT2D eigenvalue weighted by molar-refractivity contribution is -0.116. The summed E-state index contributed by atoms with van der Waals surface area (Å²) in [6, 6.07) is 8.16. The first-order chi connectivity index (χ1) is 20.7. The number of aromatic nitrogens is 7. The van der Waals surface area contributed by atoms with Gasteiger partial charge < -0.3 is 10.3 Å². The van der Waals surface area contributed by atoms with Gasteiger partial charge in [-0.15, -0.1) is 0 Å². The molecule has 5 aromatic heterocycles. The summed E-state index contributed by atoms with van der Waals surface area (Å²) in [6.45, 7) is 1.94. The first-order valence-corrected chi connectivity index (χ1v) is 15.6. The lowest BCUT2D eigenvalue weighted by atomic mass is 10.0. The first-order valence-electron chi connectivity index (χ1n) is 13.6. The molecule has 43 heavy (non-hydrogen) atoms.